The Hall–Kier alpha value is -0.750. The van der Waals surface area contributed by atoms with E-state index in [1.807, 2.05) is 6.92 Å². The zero-order chi connectivity index (χ0) is 11.5. The fourth-order valence-electron chi connectivity index (χ4n) is 1.27. The number of alkyl halides is 3. The summed E-state index contributed by atoms with van der Waals surface area (Å²) in [6.07, 6.45) is -3.39. The van der Waals surface area contributed by atoms with Crippen LogP contribution in [0.3, 0.4) is 0 Å². The van der Waals surface area contributed by atoms with Crippen molar-refractivity contribution in [3.63, 3.8) is 0 Å². The van der Waals surface area contributed by atoms with Crippen LogP contribution in [-0.4, -0.2) is 16.3 Å². The lowest BCUT2D eigenvalue weighted by Crippen LogP contribution is -2.14. The predicted molar refractivity (Wildman–Crippen MR) is 57.5 cm³/mol. The van der Waals surface area contributed by atoms with Gasteiger partial charge < -0.3 is 5.32 Å². The average Bonchev–Trinajstić information content (AvgIpc) is 2.47. The van der Waals surface area contributed by atoms with Gasteiger partial charge in [0.2, 0.25) is 0 Å². The summed E-state index contributed by atoms with van der Waals surface area (Å²) in [6, 6.07) is 1.07. The third-order valence-electron chi connectivity index (χ3n) is 1.95. The number of hydrogen-bond acceptors (Lipinski definition) is 2. The monoisotopic (exact) mass is 257 g/mol. The third-order valence-corrected chi connectivity index (χ3v) is 1.95. The van der Waals surface area contributed by atoms with E-state index in [0.29, 0.717) is 12.2 Å². The van der Waals surface area contributed by atoms with Gasteiger partial charge in [0.15, 0.2) is 0 Å². The van der Waals surface area contributed by atoms with Crippen LogP contribution < -0.4 is 5.32 Å². The molecule has 0 aliphatic rings. The van der Waals surface area contributed by atoms with Gasteiger partial charge in [-0.25, -0.2) is 0 Å². The molecule has 0 spiro atoms. The molecule has 0 aliphatic heterocycles. The molecule has 0 aliphatic carbocycles. The molecule has 1 rings (SSSR count). The van der Waals surface area contributed by atoms with Crippen LogP contribution in [0.4, 0.5) is 13.2 Å². The van der Waals surface area contributed by atoms with E-state index < -0.39 is 11.9 Å². The predicted octanol–water partition coefficient (Wildman–Crippen LogP) is 2.36. The van der Waals surface area contributed by atoms with Crippen molar-refractivity contribution in [2.75, 3.05) is 6.54 Å². The Morgan fingerprint density at radius 3 is 2.50 bits per heavy atom. The molecule has 0 radical (unpaired) electrons. The molecule has 3 nitrogen and oxygen atoms in total. The molecule has 0 bridgehead atoms. The van der Waals surface area contributed by atoms with E-state index in [4.69, 9.17) is 0 Å². The highest BCUT2D eigenvalue weighted by atomic mass is 35.5. The minimum Gasteiger partial charge on any atom is -0.311 e. The van der Waals surface area contributed by atoms with Crippen LogP contribution in [0.15, 0.2) is 6.07 Å². The van der Waals surface area contributed by atoms with E-state index in [-0.39, 0.29) is 12.4 Å². The van der Waals surface area contributed by atoms with Gasteiger partial charge in [0.25, 0.3) is 0 Å². The third kappa shape index (κ3) is 4.02. The lowest BCUT2D eigenvalue weighted by atomic mass is 10.3. The van der Waals surface area contributed by atoms with Gasteiger partial charge in [-0.3, -0.25) is 4.68 Å². The Balaban J connectivity index is 0.00000225. The van der Waals surface area contributed by atoms with Gasteiger partial charge >= 0.3 is 6.18 Å². The first kappa shape index (κ1) is 15.2. The second kappa shape index (κ2) is 6.10. The lowest BCUT2D eigenvalue weighted by Gasteiger charge is -2.04. The molecule has 0 unspecified atom stereocenters. The molecule has 0 saturated carbocycles. The maximum atomic E-state index is 12.4. The van der Waals surface area contributed by atoms with Crippen LogP contribution in [0.2, 0.25) is 0 Å². The van der Waals surface area contributed by atoms with Gasteiger partial charge in [-0.1, -0.05) is 6.92 Å². The largest absolute Gasteiger partial charge is 0.433 e. The van der Waals surface area contributed by atoms with Crippen molar-refractivity contribution in [1.82, 2.24) is 15.1 Å². The Labute approximate surface area is 98.4 Å². The van der Waals surface area contributed by atoms with Crippen molar-refractivity contribution in [1.29, 1.82) is 0 Å². The van der Waals surface area contributed by atoms with E-state index in [9.17, 15) is 13.2 Å². The summed E-state index contributed by atoms with van der Waals surface area (Å²) in [4.78, 5) is 0. The van der Waals surface area contributed by atoms with E-state index in [1.54, 1.807) is 0 Å². The van der Waals surface area contributed by atoms with Crippen molar-refractivity contribution >= 4 is 12.4 Å². The van der Waals surface area contributed by atoms with Crippen molar-refractivity contribution < 1.29 is 13.2 Å². The van der Waals surface area contributed by atoms with E-state index in [2.05, 4.69) is 10.4 Å². The number of aromatic nitrogens is 2. The highest BCUT2D eigenvalue weighted by Gasteiger charge is 2.34. The summed E-state index contributed by atoms with van der Waals surface area (Å²) in [5.74, 6) is 0. The normalized spacial score (nSPS) is 11.3. The summed E-state index contributed by atoms with van der Waals surface area (Å²) in [6.45, 7) is 3.14. The van der Waals surface area contributed by atoms with Crippen molar-refractivity contribution in [3.05, 3.63) is 17.5 Å². The number of halogens is 4. The average molecular weight is 258 g/mol. The SMILES string of the molecule is CCCNCc1cc(C(F)(F)F)n(C)n1.Cl. The second-order valence-corrected chi connectivity index (χ2v) is 3.32. The number of nitrogens with zero attached hydrogens (tertiary/aromatic N) is 2. The van der Waals surface area contributed by atoms with Crippen LogP contribution in [0, 0.1) is 0 Å². The molecule has 0 saturated heterocycles. The van der Waals surface area contributed by atoms with Gasteiger partial charge in [-0.15, -0.1) is 12.4 Å². The lowest BCUT2D eigenvalue weighted by molar-refractivity contribution is -0.143. The number of rotatable bonds is 4. The molecule has 1 aromatic rings. The Kier molecular flexibility index (Phi) is 5.81. The van der Waals surface area contributed by atoms with Gasteiger partial charge in [0.1, 0.15) is 5.69 Å². The summed E-state index contributed by atoms with van der Waals surface area (Å²) < 4.78 is 38.0. The molecule has 0 aromatic carbocycles. The summed E-state index contributed by atoms with van der Waals surface area (Å²) >= 11 is 0. The van der Waals surface area contributed by atoms with Crippen molar-refractivity contribution in [2.45, 2.75) is 26.1 Å². The molecular formula is C9H15ClF3N3. The fraction of sp³-hybridized carbons (Fsp3) is 0.667. The van der Waals surface area contributed by atoms with Crippen LogP contribution in [0.5, 0.6) is 0 Å². The Morgan fingerprint density at radius 2 is 2.06 bits per heavy atom. The topological polar surface area (TPSA) is 29.9 Å². The first-order valence-electron chi connectivity index (χ1n) is 4.76. The zero-order valence-corrected chi connectivity index (χ0v) is 9.95. The molecule has 1 heterocycles. The molecule has 0 fully saturated rings. The number of nitrogens with one attached hydrogen (secondary N) is 1. The van der Waals surface area contributed by atoms with Gasteiger partial charge in [-0.05, 0) is 19.0 Å². The van der Waals surface area contributed by atoms with E-state index in [1.165, 1.54) is 7.05 Å². The van der Waals surface area contributed by atoms with Gasteiger partial charge in [-0.2, -0.15) is 18.3 Å². The highest BCUT2D eigenvalue weighted by Crippen LogP contribution is 2.29. The molecule has 94 valence electrons. The molecule has 0 amide bonds. The minimum absolute atomic E-state index is 0. The van der Waals surface area contributed by atoms with Gasteiger partial charge in [0.05, 0.1) is 5.69 Å². The molecular weight excluding hydrogens is 243 g/mol. The maximum Gasteiger partial charge on any atom is 0.433 e. The number of hydrogen-bond donors (Lipinski definition) is 1. The molecule has 1 N–H and O–H groups in total. The standard InChI is InChI=1S/C9H14F3N3.ClH/c1-3-4-13-6-7-5-8(9(10,11)12)15(2)14-7;/h5,13H,3-4,6H2,1-2H3;1H. The highest BCUT2D eigenvalue weighted by molar-refractivity contribution is 5.85. The summed E-state index contributed by atoms with van der Waals surface area (Å²) in [5, 5.41) is 6.78. The summed E-state index contributed by atoms with van der Waals surface area (Å²) in [7, 11) is 1.30. The molecule has 1 aromatic heterocycles. The number of aryl methyl sites for hydroxylation is 1. The van der Waals surface area contributed by atoms with Crippen LogP contribution in [-0.2, 0) is 19.8 Å². The molecule has 7 heteroatoms. The van der Waals surface area contributed by atoms with Crippen molar-refractivity contribution in [2.24, 2.45) is 7.05 Å². The molecule has 16 heavy (non-hydrogen) atoms. The molecule has 0 atom stereocenters. The Bertz CT molecular complexity index is 322. The van der Waals surface area contributed by atoms with E-state index >= 15 is 0 Å². The van der Waals surface area contributed by atoms with Crippen LogP contribution in [0.25, 0.3) is 0 Å². The van der Waals surface area contributed by atoms with Crippen LogP contribution in [0.1, 0.15) is 24.7 Å². The maximum absolute atomic E-state index is 12.4. The Morgan fingerprint density at radius 1 is 1.44 bits per heavy atom. The first-order chi connectivity index (χ1) is 6.95. The van der Waals surface area contributed by atoms with Crippen molar-refractivity contribution in [3.8, 4) is 0 Å². The zero-order valence-electron chi connectivity index (χ0n) is 9.14. The second-order valence-electron chi connectivity index (χ2n) is 3.32. The minimum atomic E-state index is -4.33. The quantitative estimate of drug-likeness (QED) is 0.840. The first-order valence-corrected chi connectivity index (χ1v) is 4.76. The fourth-order valence-corrected chi connectivity index (χ4v) is 1.27. The smallest absolute Gasteiger partial charge is 0.311 e. The summed E-state index contributed by atoms with van der Waals surface area (Å²) in [5.41, 5.74) is -0.297. The van der Waals surface area contributed by atoms with Crippen LogP contribution >= 0.6 is 12.4 Å². The van der Waals surface area contributed by atoms with Gasteiger partial charge in [0, 0.05) is 13.6 Å². The van der Waals surface area contributed by atoms with E-state index in [0.717, 1.165) is 23.7 Å².